The number of piperazine rings is 1. The van der Waals surface area contributed by atoms with Crippen molar-refractivity contribution in [3.63, 3.8) is 0 Å². The SMILES string of the molecule is O=C(CCCC(=O)N1CCN(c2ccc(Nc3nc(-c4ccc5c(c4)CN=C5)cn4ccnc34)cc2)CC1)OCO. The number of amides is 1. The lowest BCUT2D eigenvalue weighted by Crippen LogP contribution is -2.48. The van der Waals surface area contributed by atoms with E-state index in [9.17, 15) is 9.59 Å². The Bertz CT molecular complexity index is 1590. The first-order valence-electron chi connectivity index (χ1n) is 13.7. The van der Waals surface area contributed by atoms with Gasteiger partial charge < -0.3 is 29.4 Å². The molecule has 210 valence electrons. The van der Waals surface area contributed by atoms with Gasteiger partial charge in [0.2, 0.25) is 5.91 Å². The number of ether oxygens (including phenoxy) is 1. The van der Waals surface area contributed by atoms with Crippen molar-refractivity contribution in [2.45, 2.75) is 25.8 Å². The van der Waals surface area contributed by atoms with E-state index in [1.165, 1.54) is 5.56 Å². The molecule has 0 saturated carbocycles. The molecule has 0 radical (unpaired) electrons. The van der Waals surface area contributed by atoms with Gasteiger partial charge in [0.05, 0.1) is 12.2 Å². The van der Waals surface area contributed by atoms with Crippen LogP contribution in [0.4, 0.5) is 17.2 Å². The van der Waals surface area contributed by atoms with E-state index in [1.54, 1.807) is 6.20 Å². The zero-order chi connectivity index (χ0) is 28.2. The van der Waals surface area contributed by atoms with Crippen LogP contribution in [-0.4, -0.2) is 75.4 Å². The number of carbonyl (C=O) groups is 2. The van der Waals surface area contributed by atoms with Crippen molar-refractivity contribution >= 4 is 40.9 Å². The number of carbonyl (C=O) groups excluding carboxylic acids is 2. The molecule has 1 saturated heterocycles. The fraction of sp³-hybridized carbons (Fsp3) is 0.300. The van der Waals surface area contributed by atoms with Gasteiger partial charge in [0, 0.05) is 80.8 Å². The Balaban J connectivity index is 1.08. The van der Waals surface area contributed by atoms with Crippen LogP contribution in [0.5, 0.6) is 0 Å². The first-order valence-corrected chi connectivity index (χ1v) is 13.7. The average molecular weight is 554 g/mol. The second-order valence-corrected chi connectivity index (χ2v) is 10.1. The molecular weight excluding hydrogens is 522 g/mol. The molecule has 2 aliphatic rings. The van der Waals surface area contributed by atoms with Crippen molar-refractivity contribution in [1.29, 1.82) is 0 Å². The van der Waals surface area contributed by atoms with Crippen molar-refractivity contribution in [3.8, 4) is 11.3 Å². The van der Waals surface area contributed by atoms with Crippen LogP contribution in [0, 0.1) is 0 Å². The van der Waals surface area contributed by atoms with Gasteiger partial charge in [0.1, 0.15) is 0 Å². The monoisotopic (exact) mass is 553 g/mol. The average Bonchev–Trinajstić information content (AvgIpc) is 3.67. The van der Waals surface area contributed by atoms with Crippen LogP contribution in [0.25, 0.3) is 16.9 Å². The van der Waals surface area contributed by atoms with Gasteiger partial charge in [-0.2, -0.15) is 0 Å². The van der Waals surface area contributed by atoms with Gasteiger partial charge in [-0.15, -0.1) is 0 Å². The van der Waals surface area contributed by atoms with E-state index >= 15 is 0 Å². The topological polar surface area (TPSA) is 125 Å². The molecule has 0 spiro atoms. The zero-order valence-electron chi connectivity index (χ0n) is 22.6. The number of hydrogen-bond acceptors (Lipinski definition) is 9. The van der Waals surface area contributed by atoms with Crippen LogP contribution in [0.2, 0.25) is 0 Å². The number of nitrogens with zero attached hydrogens (tertiary/aromatic N) is 6. The smallest absolute Gasteiger partial charge is 0.307 e. The largest absolute Gasteiger partial charge is 0.439 e. The maximum Gasteiger partial charge on any atom is 0.307 e. The number of rotatable bonds is 9. The number of aliphatic hydroxyl groups is 1. The molecule has 2 N–H and O–H groups in total. The summed E-state index contributed by atoms with van der Waals surface area (Å²) in [6.45, 7) is 2.79. The molecule has 11 nitrogen and oxygen atoms in total. The van der Waals surface area contributed by atoms with Crippen LogP contribution < -0.4 is 10.2 Å². The third-order valence-corrected chi connectivity index (χ3v) is 7.43. The molecule has 11 heteroatoms. The standard InChI is InChI=1S/C30H31N7O4/c38-20-41-28(40)3-1-2-27(39)36-14-12-35(13-15-36)25-8-6-24(7-9-25)33-29-30-32-10-11-37(30)19-26(34-29)21-4-5-22-17-31-18-23(22)16-21/h4-11,16-17,19,38H,1-3,12-15,18,20H2,(H,33,34). The highest BCUT2D eigenvalue weighted by atomic mass is 16.6. The van der Waals surface area contributed by atoms with Crippen LogP contribution in [-0.2, 0) is 20.9 Å². The van der Waals surface area contributed by atoms with E-state index in [1.807, 2.05) is 40.0 Å². The third-order valence-electron chi connectivity index (χ3n) is 7.43. The van der Waals surface area contributed by atoms with E-state index in [0.29, 0.717) is 38.3 Å². The van der Waals surface area contributed by atoms with Crippen molar-refractivity contribution < 1.29 is 19.4 Å². The van der Waals surface area contributed by atoms with E-state index in [2.05, 4.69) is 55.3 Å². The van der Waals surface area contributed by atoms with Gasteiger partial charge in [0.15, 0.2) is 18.3 Å². The van der Waals surface area contributed by atoms with Gasteiger partial charge in [-0.05, 0) is 47.9 Å². The van der Waals surface area contributed by atoms with E-state index in [-0.39, 0.29) is 12.3 Å². The number of nitrogens with one attached hydrogen (secondary N) is 1. The van der Waals surface area contributed by atoms with Crippen LogP contribution >= 0.6 is 0 Å². The molecule has 1 amide bonds. The normalized spacial score (nSPS) is 14.4. The number of benzene rings is 2. The molecular formula is C30H31N7O4. The molecule has 0 unspecified atom stereocenters. The van der Waals surface area contributed by atoms with E-state index < -0.39 is 12.8 Å². The lowest BCUT2D eigenvalue weighted by Gasteiger charge is -2.36. The summed E-state index contributed by atoms with van der Waals surface area (Å²) in [6.07, 6.45) is 8.41. The molecule has 4 aromatic rings. The third kappa shape index (κ3) is 5.90. The van der Waals surface area contributed by atoms with Crippen LogP contribution in [0.1, 0.15) is 30.4 Å². The minimum Gasteiger partial charge on any atom is -0.439 e. The highest BCUT2D eigenvalue weighted by Crippen LogP contribution is 2.28. The Kier molecular flexibility index (Phi) is 7.59. The summed E-state index contributed by atoms with van der Waals surface area (Å²) in [7, 11) is 0. The predicted molar refractivity (Wildman–Crippen MR) is 155 cm³/mol. The fourth-order valence-corrected chi connectivity index (χ4v) is 5.22. The number of aromatic nitrogens is 3. The number of anilines is 3. The molecule has 1 fully saturated rings. The molecule has 2 aromatic heterocycles. The Morgan fingerprint density at radius 3 is 2.66 bits per heavy atom. The molecule has 4 heterocycles. The van der Waals surface area contributed by atoms with Gasteiger partial charge in [-0.3, -0.25) is 14.6 Å². The van der Waals surface area contributed by atoms with Crippen LogP contribution in [0.15, 0.2) is 66.0 Å². The lowest BCUT2D eigenvalue weighted by molar-refractivity contribution is -0.151. The highest BCUT2D eigenvalue weighted by molar-refractivity contribution is 5.86. The highest BCUT2D eigenvalue weighted by Gasteiger charge is 2.21. The van der Waals surface area contributed by atoms with Gasteiger partial charge >= 0.3 is 5.97 Å². The van der Waals surface area contributed by atoms with Crippen molar-refractivity contribution in [2.24, 2.45) is 4.99 Å². The first kappa shape index (κ1) is 26.5. The maximum absolute atomic E-state index is 12.5. The summed E-state index contributed by atoms with van der Waals surface area (Å²) in [5.74, 6) is 0.221. The Morgan fingerprint density at radius 1 is 1.02 bits per heavy atom. The van der Waals surface area contributed by atoms with Crippen LogP contribution in [0.3, 0.4) is 0 Å². The number of imidazole rings is 1. The van der Waals surface area contributed by atoms with E-state index in [0.717, 1.165) is 46.9 Å². The molecule has 41 heavy (non-hydrogen) atoms. The number of aliphatic hydroxyl groups excluding tert-OH is 1. The fourth-order valence-electron chi connectivity index (χ4n) is 5.22. The van der Waals surface area contributed by atoms with E-state index in [4.69, 9.17) is 10.1 Å². The molecule has 2 aliphatic heterocycles. The minimum absolute atomic E-state index is 0.0363. The molecule has 2 aromatic carbocycles. The summed E-state index contributed by atoms with van der Waals surface area (Å²) in [6, 6.07) is 14.5. The van der Waals surface area contributed by atoms with Gasteiger partial charge in [0.25, 0.3) is 0 Å². The summed E-state index contributed by atoms with van der Waals surface area (Å²) in [5.41, 5.74) is 6.97. The number of fused-ring (bicyclic) bond motifs is 2. The Morgan fingerprint density at radius 2 is 1.85 bits per heavy atom. The number of esters is 1. The summed E-state index contributed by atoms with van der Waals surface area (Å²) in [5, 5.41) is 12.1. The van der Waals surface area contributed by atoms with Gasteiger partial charge in [-0.25, -0.2) is 9.97 Å². The van der Waals surface area contributed by atoms with Crippen molar-refractivity contribution in [3.05, 3.63) is 72.2 Å². The van der Waals surface area contributed by atoms with Crippen molar-refractivity contribution in [2.75, 3.05) is 43.2 Å². The predicted octanol–water partition coefficient (Wildman–Crippen LogP) is 3.38. The Hall–Kier alpha value is -4.77. The van der Waals surface area contributed by atoms with Crippen molar-refractivity contribution in [1.82, 2.24) is 19.3 Å². The molecule has 0 aliphatic carbocycles. The lowest BCUT2D eigenvalue weighted by atomic mass is 10.0. The molecule has 6 rings (SSSR count). The second kappa shape index (κ2) is 11.8. The number of hydrogen-bond donors (Lipinski definition) is 2. The first-order chi connectivity index (χ1) is 20.1. The summed E-state index contributed by atoms with van der Waals surface area (Å²) >= 11 is 0. The maximum atomic E-state index is 12.5. The Labute approximate surface area is 237 Å². The summed E-state index contributed by atoms with van der Waals surface area (Å²) in [4.78, 5) is 41.7. The second-order valence-electron chi connectivity index (χ2n) is 10.1. The molecule has 0 bridgehead atoms. The molecule has 0 atom stereocenters. The summed E-state index contributed by atoms with van der Waals surface area (Å²) < 4.78 is 6.47. The zero-order valence-corrected chi connectivity index (χ0v) is 22.6. The quantitative estimate of drug-likeness (QED) is 0.239. The van der Waals surface area contributed by atoms with Gasteiger partial charge in [-0.1, -0.05) is 12.1 Å². The minimum atomic E-state index is -0.629. The number of aliphatic imine (C=N–C) groups is 1.